The molecular weight excluding hydrogens is 402 g/mol. The van der Waals surface area contributed by atoms with Crippen molar-refractivity contribution < 1.29 is 22.7 Å². The van der Waals surface area contributed by atoms with E-state index in [9.17, 15) is 13.6 Å². The fourth-order valence-corrected chi connectivity index (χ4v) is 3.07. The molecule has 5 nitrogen and oxygen atoms in total. The molecule has 0 aliphatic rings. The Hall–Kier alpha value is -4.00. The molecule has 0 aliphatic carbocycles. The van der Waals surface area contributed by atoms with E-state index in [2.05, 4.69) is 15.0 Å². The number of nitrogens with zero attached hydrogens (tertiary/aromatic N) is 1. The van der Waals surface area contributed by atoms with Gasteiger partial charge in [0.1, 0.15) is 5.75 Å². The number of hydrogen-bond donors (Lipinski definition) is 1. The Morgan fingerprint density at radius 1 is 0.968 bits per heavy atom. The highest BCUT2D eigenvalue weighted by atomic mass is 19.3. The smallest absolute Gasteiger partial charge is 0.387 e. The molecule has 1 amide bonds. The second-order valence-electron chi connectivity index (χ2n) is 6.65. The lowest BCUT2D eigenvalue weighted by molar-refractivity contribution is -0.0498. The van der Waals surface area contributed by atoms with E-state index in [1.807, 2.05) is 30.3 Å². The van der Waals surface area contributed by atoms with Gasteiger partial charge >= 0.3 is 6.61 Å². The van der Waals surface area contributed by atoms with Gasteiger partial charge in [0, 0.05) is 17.7 Å². The van der Waals surface area contributed by atoms with E-state index in [4.69, 9.17) is 4.42 Å². The Bertz CT molecular complexity index is 1160. The van der Waals surface area contributed by atoms with E-state index >= 15 is 0 Å². The highest BCUT2D eigenvalue weighted by Gasteiger charge is 2.17. The van der Waals surface area contributed by atoms with Gasteiger partial charge in [-0.05, 0) is 29.8 Å². The number of rotatable bonds is 7. The largest absolute Gasteiger partial charge is 0.436 e. The van der Waals surface area contributed by atoms with Crippen molar-refractivity contribution in [2.45, 2.75) is 13.2 Å². The summed E-state index contributed by atoms with van der Waals surface area (Å²) in [6, 6.07) is 22.7. The average molecular weight is 420 g/mol. The van der Waals surface area contributed by atoms with Crippen LogP contribution in [0.1, 0.15) is 15.9 Å². The van der Waals surface area contributed by atoms with Crippen LogP contribution >= 0.6 is 0 Å². The Morgan fingerprint density at radius 3 is 2.42 bits per heavy atom. The molecule has 0 spiro atoms. The van der Waals surface area contributed by atoms with Crippen LogP contribution < -0.4 is 10.1 Å². The number of alkyl halides is 2. The van der Waals surface area contributed by atoms with E-state index in [1.165, 1.54) is 12.1 Å². The highest BCUT2D eigenvalue weighted by molar-refractivity contribution is 6.00. The molecule has 4 rings (SSSR count). The summed E-state index contributed by atoms with van der Waals surface area (Å²) in [7, 11) is 0. The molecule has 1 aromatic heterocycles. The van der Waals surface area contributed by atoms with Crippen LogP contribution in [0.2, 0.25) is 0 Å². The summed E-state index contributed by atoms with van der Waals surface area (Å²) in [6.07, 6.45) is 1.63. The molecule has 31 heavy (non-hydrogen) atoms. The molecule has 156 valence electrons. The summed E-state index contributed by atoms with van der Waals surface area (Å²) < 4.78 is 34.7. The van der Waals surface area contributed by atoms with Gasteiger partial charge < -0.3 is 14.5 Å². The van der Waals surface area contributed by atoms with Crippen LogP contribution in [0.5, 0.6) is 5.75 Å². The van der Waals surface area contributed by atoms with Crippen molar-refractivity contribution in [3.05, 3.63) is 96.2 Å². The first kappa shape index (κ1) is 20.3. The van der Waals surface area contributed by atoms with E-state index in [-0.39, 0.29) is 18.2 Å². The minimum absolute atomic E-state index is 0.0635. The lowest BCUT2D eigenvalue weighted by Crippen LogP contribution is -2.23. The minimum Gasteiger partial charge on any atom is -0.436 e. The van der Waals surface area contributed by atoms with Crippen LogP contribution in [0.3, 0.4) is 0 Å². The lowest BCUT2D eigenvalue weighted by Gasteiger charge is -2.09. The molecule has 0 atom stereocenters. The summed E-state index contributed by atoms with van der Waals surface area (Å²) in [4.78, 5) is 17.1. The number of amides is 1. The zero-order valence-corrected chi connectivity index (χ0v) is 16.3. The van der Waals surface area contributed by atoms with Gasteiger partial charge in [-0.2, -0.15) is 8.78 Å². The lowest BCUT2D eigenvalue weighted by atomic mass is 10.1. The van der Waals surface area contributed by atoms with Crippen LogP contribution in [-0.2, 0) is 6.54 Å². The molecule has 0 saturated carbocycles. The molecule has 7 heteroatoms. The maximum atomic E-state index is 12.8. The van der Waals surface area contributed by atoms with Gasteiger partial charge in [0.15, 0.2) is 5.76 Å². The number of carbonyl (C=O) groups excluding carboxylic acids is 1. The molecule has 0 saturated heterocycles. The number of halogens is 2. The van der Waals surface area contributed by atoms with Crippen molar-refractivity contribution in [1.29, 1.82) is 0 Å². The van der Waals surface area contributed by atoms with Gasteiger partial charge in [0.05, 0.1) is 11.8 Å². The Labute approximate surface area is 177 Å². The predicted octanol–water partition coefficient (Wildman–Crippen LogP) is 5.54. The average Bonchev–Trinajstić information content (AvgIpc) is 3.29. The number of hydrogen-bond acceptors (Lipinski definition) is 4. The maximum absolute atomic E-state index is 12.8. The molecule has 4 aromatic rings. The van der Waals surface area contributed by atoms with Crippen molar-refractivity contribution in [2.24, 2.45) is 0 Å². The SMILES string of the molecule is O=C(NCc1ccc(OC(F)F)cc1)c1ccccc1-c1ncc(-c2ccccc2)o1. The topological polar surface area (TPSA) is 64.4 Å². The standard InChI is InChI=1S/C24H18F2N2O3/c25-24(26)30-18-12-10-16(11-13-18)14-27-22(29)19-8-4-5-9-20(19)23-28-15-21(31-23)17-6-2-1-3-7-17/h1-13,15,24H,14H2,(H,27,29). The second kappa shape index (κ2) is 9.21. The number of benzene rings is 3. The highest BCUT2D eigenvalue weighted by Crippen LogP contribution is 2.28. The van der Waals surface area contributed by atoms with Gasteiger partial charge in [0.25, 0.3) is 5.91 Å². The van der Waals surface area contributed by atoms with Gasteiger partial charge in [0.2, 0.25) is 5.89 Å². The first-order valence-electron chi connectivity index (χ1n) is 9.53. The summed E-state index contributed by atoms with van der Waals surface area (Å²) >= 11 is 0. The quantitative estimate of drug-likeness (QED) is 0.426. The number of carbonyl (C=O) groups is 1. The zero-order valence-electron chi connectivity index (χ0n) is 16.3. The van der Waals surface area contributed by atoms with Crippen LogP contribution in [-0.4, -0.2) is 17.5 Å². The monoisotopic (exact) mass is 420 g/mol. The zero-order chi connectivity index (χ0) is 21.6. The van der Waals surface area contributed by atoms with Crippen molar-refractivity contribution in [2.75, 3.05) is 0 Å². The summed E-state index contributed by atoms with van der Waals surface area (Å²) in [5, 5.41) is 2.83. The van der Waals surface area contributed by atoms with Crippen LogP contribution in [0.4, 0.5) is 8.78 Å². The number of nitrogens with one attached hydrogen (secondary N) is 1. The van der Waals surface area contributed by atoms with E-state index < -0.39 is 6.61 Å². The molecule has 1 N–H and O–H groups in total. The van der Waals surface area contributed by atoms with E-state index in [0.717, 1.165) is 11.1 Å². The van der Waals surface area contributed by atoms with Crippen molar-refractivity contribution in [3.63, 3.8) is 0 Å². The summed E-state index contributed by atoms with van der Waals surface area (Å²) in [5.74, 6) is 0.714. The molecule has 0 radical (unpaired) electrons. The van der Waals surface area contributed by atoms with Crippen molar-refractivity contribution in [3.8, 4) is 28.5 Å². The normalized spacial score (nSPS) is 10.8. The van der Waals surface area contributed by atoms with Crippen molar-refractivity contribution >= 4 is 5.91 Å². The molecular formula is C24H18F2N2O3. The van der Waals surface area contributed by atoms with Crippen LogP contribution in [0.25, 0.3) is 22.8 Å². The van der Waals surface area contributed by atoms with Crippen LogP contribution in [0.15, 0.2) is 89.5 Å². The Morgan fingerprint density at radius 2 is 1.68 bits per heavy atom. The third kappa shape index (κ3) is 4.95. The molecule has 0 bridgehead atoms. The van der Waals surface area contributed by atoms with Crippen LogP contribution in [0, 0.1) is 0 Å². The van der Waals surface area contributed by atoms with Gasteiger partial charge in [-0.1, -0.05) is 54.6 Å². The molecule has 1 heterocycles. The summed E-state index contributed by atoms with van der Waals surface area (Å²) in [6.45, 7) is -2.65. The number of oxazole rings is 1. The molecule has 3 aromatic carbocycles. The summed E-state index contributed by atoms with van der Waals surface area (Å²) in [5.41, 5.74) is 2.63. The van der Waals surface area contributed by atoms with Gasteiger partial charge in [-0.25, -0.2) is 4.98 Å². The first-order chi connectivity index (χ1) is 15.1. The molecule has 0 fully saturated rings. The third-order valence-corrected chi connectivity index (χ3v) is 4.57. The second-order valence-corrected chi connectivity index (χ2v) is 6.65. The van der Waals surface area contributed by atoms with E-state index in [1.54, 1.807) is 42.6 Å². The number of aromatic nitrogens is 1. The van der Waals surface area contributed by atoms with Gasteiger partial charge in [-0.15, -0.1) is 0 Å². The number of ether oxygens (including phenoxy) is 1. The predicted molar refractivity (Wildman–Crippen MR) is 112 cm³/mol. The van der Waals surface area contributed by atoms with E-state index in [0.29, 0.717) is 22.8 Å². The minimum atomic E-state index is -2.88. The Kier molecular flexibility index (Phi) is 6.03. The first-order valence-corrected chi connectivity index (χ1v) is 9.53. The third-order valence-electron chi connectivity index (χ3n) is 4.57. The fraction of sp³-hybridized carbons (Fsp3) is 0.0833. The molecule has 0 aliphatic heterocycles. The Balaban J connectivity index is 1.48. The molecule has 0 unspecified atom stereocenters. The van der Waals surface area contributed by atoms with Gasteiger partial charge in [-0.3, -0.25) is 4.79 Å². The maximum Gasteiger partial charge on any atom is 0.387 e. The fourth-order valence-electron chi connectivity index (χ4n) is 3.07. The van der Waals surface area contributed by atoms with Crippen molar-refractivity contribution in [1.82, 2.24) is 10.3 Å².